The number of unbranched alkanes of at least 4 members (excludes halogenated alkanes) is 2. The molecule has 0 radical (unpaired) electrons. The van der Waals surface area contributed by atoms with Gasteiger partial charge in [-0.3, -0.25) is 0 Å². The molecule has 0 saturated carbocycles. The van der Waals surface area contributed by atoms with E-state index in [-0.39, 0.29) is 0 Å². The summed E-state index contributed by atoms with van der Waals surface area (Å²) in [6, 6.07) is 15.3. The molecule has 2 aromatic rings. The third kappa shape index (κ3) is 5.97. The van der Waals surface area contributed by atoms with Gasteiger partial charge in [-0.15, -0.1) is 35.7 Å². The Morgan fingerprint density at radius 1 is 1.30 bits per heavy atom. The van der Waals surface area contributed by atoms with Gasteiger partial charge in [0.15, 0.2) is 0 Å². The zero-order chi connectivity index (χ0) is 14.6. The molecule has 0 saturated heterocycles. The number of rotatable bonds is 6. The maximum absolute atomic E-state index is 5.74. The second-order valence-corrected chi connectivity index (χ2v) is 5.41. The summed E-state index contributed by atoms with van der Waals surface area (Å²) in [7, 11) is 0. The molecule has 0 aliphatic carbocycles. The number of ether oxygens (including phenoxy) is 1. The van der Waals surface area contributed by atoms with Crippen LogP contribution in [0.1, 0.15) is 32.6 Å². The first-order chi connectivity index (χ1) is 9.83. The van der Waals surface area contributed by atoms with E-state index in [9.17, 15) is 0 Å². The van der Waals surface area contributed by atoms with E-state index in [0.29, 0.717) is 0 Å². The van der Waals surface area contributed by atoms with Crippen molar-refractivity contribution < 1.29 is 22.9 Å². The van der Waals surface area contributed by atoms with Crippen LogP contribution >= 0.6 is 0 Å². The molecule has 0 spiro atoms. The van der Waals surface area contributed by atoms with Crippen LogP contribution in [0.2, 0.25) is 0 Å². The van der Waals surface area contributed by atoms with Crippen LogP contribution in [0.5, 0.6) is 5.75 Å². The molecule has 0 amide bonds. The molecule has 20 heavy (non-hydrogen) atoms. The van der Waals surface area contributed by atoms with Crippen molar-refractivity contribution in [1.82, 2.24) is 0 Å². The van der Waals surface area contributed by atoms with Gasteiger partial charge in [0.25, 0.3) is 0 Å². The van der Waals surface area contributed by atoms with Gasteiger partial charge in [0.2, 0.25) is 0 Å². The summed E-state index contributed by atoms with van der Waals surface area (Å²) >= 11 is 1.88. The molecular weight excluding hydrogens is 422 g/mol. The van der Waals surface area contributed by atoms with Gasteiger partial charge in [0.1, 0.15) is 0 Å². The van der Waals surface area contributed by atoms with Crippen molar-refractivity contribution in [1.29, 1.82) is 0 Å². The third-order valence-electron chi connectivity index (χ3n) is 2.73. The standard InChI is InChI=1S/C14H15O.C4H7.Os/c1-2-3-11-15-14-10-6-8-12-7-4-5-9-13(12)14;1-3-4-2;/h4-7,9-10H,2-3,11H2,1H3;1H,2-4H2;/q2*-1;. The van der Waals surface area contributed by atoms with E-state index in [1.165, 1.54) is 6.42 Å². The van der Waals surface area contributed by atoms with E-state index < -0.39 is 0 Å². The normalized spacial score (nSPS) is 9.75. The van der Waals surface area contributed by atoms with Crippen LogP contribution < -0.4 is 4.74 Å². The Morgan fingerprint density at radius 2 is 2.10 bits per heavy atom. The monoisotopic (exact) mass is 446 g/mol. The van der Waals surface area contributed by atoms with Crippen molar-refractivity contribution in [3.8, 4) is 5.75 Å². The average Bonchev–Trinajstić information content (AvgIpc) is 2.49. The Hall–Kier alpha value is -0.994. The van der Waals surface area contributed by atoms with Gasteiger partial charge >= 0.3 is 42.5 Å². The molecule has 0 atom stereocenters. The molecule has 0 bridgehead atoms. The summed E-state index contributed by atoms with van der Waals surface area (Å²) in [5.74, 6) is 0.970. The molecule has 0 fully saturated rings. The van der Waals surface area contributed by atoms with Crippen molar-refractivity contribution in [2.75, 3.05) is 6.61 Å². The first-order valence-corrected chi connectivity index (χ1v) is 8.52. The van der Waals surface area contributed by atoms with E-state index in [4.69, 9.17) is 4.74 Å². The third-order valence-corrected chi connectivity index (χ3v) is 3.46. The van der Waals surface area contributed by atoms with Gasteiger partial charge in [-0.2, -0.15) is 0 Å². The van der Waals surface area contributed by atoms with Crippen molar-refractivity contribution >= 4 is 15.3 Å². The zero-order valence-electron chi connectivity index (χ0n) is 12.0. The Morgan fingerprint density at radius 3 is 2.75 bits per heavy atom. The van der Waals surface area contributed by atoms with E-state index in [2.05, 4.69) is 36.6 Å². The molecule has 2 heteroatoms. The predicted octanol–water partition coefficient (Wildman–Crippen LogP) is 4.77. The van der Waals surface area contributed by atoms with Crippen LogP contribution in [0.25, 0.3) is 10.8 Å². The zero-order valence-corrected chi connectivity index (χ0v) is 14.6. The van der Waals surface area contributed by atoms with Crippen LogP contribution in [0.3, 0.4) is 0 Å². The molecule has 1 nitrogen and oxygen atoms in total. The first-order valence-electron chi connectivity index (χ1n) is 7.05. The van der Waals surface area contributed by atoms with Gasteiger partial charge < -0.3 is 4.74 Å². The molecule has 2 rings (SSSR count). The van der Waals surface area contributed by atoms with E-state index in [1.54, 1.807) is 0 Å². The SMILES string of the molecule is CCCCOc1cc[c-]c2ccccc12.[CH2-]CC[CH]=[Os]. The number of hydrogen-bond donors (Lipinski definition) is 0. The fourth-order valence-corrected chi connectivity index (χ4v) is 2.16. The van der Waals surface area contributed by atoms with Crippen LogP contribution in [0, 0.1) is 13.0 Å². The van der Waals surface area contributed by atoms with Gasteiger partial charge in [-0.05, 0) is 6.42 Å². The molecule has 2 aromatic carbocycles. The van der Waals surface area contributed by atoms with Gasteiger partial charge in [-0.1, -0.05) is 30.9 Å². The summed E-state index contributed by atoms with van der Waals surface area (Å²) < 4.78 is 7.89. The van der Waals surface area contributed by atoms with Crippen LogP contribution in [-0.2, 0) is 18.1 Å². The summed E-state index contributed by atoms with van der Waals surface area (Å²) in [6.45, 7) is 6.61. The summed E-state index contributed by atoms with van der Waals surface area (Å²) in [6.07, 6.45) is 4.48. The van der Waals surface area contributed by atoms with E-state index in [1.807, 2.05) is 42.4 Å². The van der Waals surface area contributed by atoms with Gasteiger partial charge in [0.05, 0.1) is 6.61 Å². The number of fused-ring (bicyclic) bond motifs is 1. The topological polar surface area (TPSA) is 9.23 Å². The Balaban J connectivity index is 0.000000347. The Kier molecular flexibility index (Phi) is 9.17. The molecule has 0 aliphatic rings. The number of hydrogen-bond acceptors (Lipinski definition) is 1. The second kappa shape index (κ2) is 10.8. The minimum absolute atomic E-state index is 0.796. The van der Waals surface area contributed by atoms with E-state index in [0.717, 1.165) is 42.4 Å². The average molecular weight is 445 g/mol. The minimum atomic E-state index is 0.796. The molecule has 0 aromatic heterocycles. The molecule has 0 heterocycles. The van der Waals surface area contributed by atoms with Gasteiger partial charge in [0, 0.05) is 5.75 Å². The first kappa shape index (κ1) is 17.1. The fraction of sp³-hybridized carbons (Fsp3) is 0.333. The van der Waals surface area contributed by atoms with Crippen LogP contribution in [-0.4, -0.2) is 11.2 Å². The van der Waals surface area contributed by atoms with Crippen molar-refractivity contribution in [2.45, 2.75) is 32.6 Å². The quantitative estimate of drug-likeness (QED) is 0.461. The van der Waals surface area contributed by atoms with E-state index >= 15 is 0 Å². The summed E-state index contributed by atoms with van der Waals surface area (Å²) in [5.41, 5.74) is 0. The maximum atomic E-state index is 5.74. The van der Waals surface area contributed by atoms with Crippen LogP contribution in [0.15, 0.2) is 36.4 Å². The molecular formula is C18H22OOs-2. The van der Waals surface area contributed by atoms with Crippen molar-refractivity contribution in [2.24, 2.45) is 0 Å². The summed E-state index contributed by atoms with van der Waals surface area (Å²) in [4.78, 5) is 0. The predicted molar refractivity (Wildman–Crippen MR) is 83.8 cm³/mol. The van der Waals surface area contributed by atoms with Crippen molar-refractivity contribution in [3.05, 3.63) is 49.4 Å². The summed E-state index contributed by atoms with van der Waals surface area (Å²) in [5, 5.41) is 2.27. The number of benzene rings is 2. The Bertz CT molecular complexity index is 502. The van der Waals surface area contributed by atoms with Crippen molar-refractivity contribution in [3.63, 3.8) is 0 Å². The molecule has 110 valence electrons. The second-order valence-electron chi connectivity index (χ2n) is 4.38. The van der Waals surface area contributed by atoms with Crippen LogP contribution in [0.4, 0.5) is 0 Å². The molecule has 0 aliphatic heterocycles. The molecule has 0 N–H and O–H groups in total. The molecule has 0 unspecified atom stereocenters. The van der Waals surface area contributed by atoms with Gasteiger partial charge in [-0.25, -0.2) is 0 Å². The fourth-order valence-electron chi connectivity index (χ4n) is 1.65. The Labute approximate surface area is 132 Å².